The van der Waals surface area contributed by atoms with Crippen LogP contribution in [0.3, 0.4) is 0 Å². The molecule has 9 heteroatoms. The summed E-state index contributed by atoms with van der Waals surface area (Å²) >= 11 is 0. The zero-order valence-electron chi connectivity index (χ0n) is 10.8. The molecule has 0 saturated heterocycles. The van der Waals surface area contributed by atoms with Gasteiger partial charge in [0.2, 0.25) is 0 Å². The summed E-state index contributed by atoms with van der Waals surface area (Å²) in [6.45, 7) is 2.60. The van der Waals surface area contributed by atoms with Crippen molar-refractivity contribution >= 4 is 12.0 Å². The second kappa shape index (κ2) is 5.99. The molecule has 0 heterocycles. The van der Waals surface area contributed by atoms with E-state index in [1.165, 1.54) is 30.3 Å². The van der Waals surface area contributed by atoms with Gasteiger partial charge in [-0.1, -0.05) is 36.9 Å². The van der Waals surface area contributed by atoms with Crippen molar-refractivity contribution in [1.29, 1.82) is 0 Å². The average Bonchev–Trinajstić information content (AvgIpc) is 2.41. The number of hydrogen-bond acceptors (Lipinski definition) is 3. The Balaban J connectivity index is 2.91. The summed E-state index contributed by atoms with van der Waals surface area (Å²) in [6.07, 6.45) is -11.0. The third kappa shape index (κ3) is 3.41. The highest BCUT2D eigenvalue weighted by molar-refractivity contribution is 5.81. The van der Waals surface area contributed by atoms with Crippen LogP contribution in [0.25, 0.3) is 6.08 Å². The Hall–Kier alpha value is -2.03. The molecule has 0 spiro atoms. The molecule has 1 aromatic rings. The molecule has 1 rings (SSSR count). The summed E-state index contributed by atoms with van der Waals surface area (Å²) in [4.78, 5) is 11.1. The molecule has 0 unspecified atom stereocenters. The number of esters is 1. The predicted molar refractivity (Wildman–Crippen MR) is 63.4 cm³/mol. The number of ether oxygens (including phenoxy) is 1. The molecule has 0 bridgehead atoms. The Kier molecular flexibility index (Phi) is 4.91. The van der Waals surface area contributed by atoms with E-state index in [-0.39, 0.29) is 5.56 Å². The quantitative estimate of drug-likeness (QED) is 0.682. The Labute approximate surface area is 120 Å². The van der Waals surface area contributed by atoms with Crippen molar-refractivity contribution in [3.8, 4) is 0 Å². The van der Waals surface area contributed by atoms with Crippen LogP contribution in [0.1, 0.15) is 11.1 Å². The molecule has 0 radical (unpaired) electrons. The van der Waals surface area contributed by atoms with Crippen molar-refractivity contribution < 1.29 is 41.0 Å². The lowest BCUT2D eigenvalue weighted by molar-refractivity contribution is -0.357. The SMILES string of the molecule is C=Cc1ccc(COC(=O)C(O)(C(F)(F)F)C(F)(F)F)cc1. The van der Waals surface area contributed by atoms with Gasteiger partial charge in [-0.25, -0.2) is 4.79 Å². The molecule has 3 nitrogen and oxygen atoms in total. The molecule has 0 aliphatic carbocycles. The number of halogens is 6. The van der Waals surface area contributed by atoms with E-state index in [9.17, 15) is 31.1 Å². The smallest absolute Gasteiger partial charge is 0.437 e. The van der Waals surface area contributed by atoms with Gasteiger partial charge in [0, 0.05) is 0 Å². The molecule has 122 valence electrons. The van der Waals surface area contributed by atoms with Crippen molar-refractivity contribution in [3.05, 3.63) is 42.0 Å². The van der Waals surface area contributed by atoms with Crippen LogP contribution in [0.5, 0.6) is 0 Å². The van der Waals surface area contributed by atoms with Gasteiger partial charge >= 0.3 is 23.9 Å². The van der Waals surface area contributed by atoms with E-state index >= 15 is 0 Å². The fourth-order valence-corrected chi connectivity index (χ4v) is 1.40. The Morgan fingerprint density at radius 1 is 1.09 bits per heavy atom. The van der Waals surface area contributed by atoms with E-state index in [1.54, 1.807) is 0 Å². The summed E-state index contributed by atoms with van der Waals surface area (Å²) in [6, 6.07) is 5.58. The molecule has 0 aromatic heterocycles. The highest BCUT2D eigenvalue weighted by atomic mass is 19.4. The Bertz CT molecular complexity index is 530. The lowest BCUT2D eigenvalue weighted by Crippen LogP contribution is -2.62. The maximum absolute atomic E-state index is 12.4. The van der Waals surface area contributed by atoms with Gasteiger partial charge in [0.15, 0.2) is 0 Å². The van der Waals surface area contributed by atoms with Crippen LogP contribution in [0, 0.1) is 0 Å². The standard InChI is InChI=1S/C13H10F6O3/c1-2-8-3-5-9(6-4-8)7-22-10(20)11(21,12(14,15)16)13(17,18)19/h2-6,21H,1,7H2. The summed E-state index contributed by atoms with van der Waals surface area (Å²) < 4.78 is 78.3. The van der Waals surface area contributed by atoms with Gasteiger partial charge in [-0.2, -0.15) is 26.3 Å². The molecule has 1 N–H and O–H groups in total. The van der Waals surface area contributed by atoms with Crippen LogP contribution in [0.2, 0.25) is 0 Å². The third-order valence-electron chi connectivity index (χ3n) is 2.70. The van der Waals surface area contributed by atoms with Gasteiger partial charge < -0.3 is 9.84 Å². The normalized spacial score (nSPS) is 12.9. The lowest BCUT2D eigenvalue weighted by atomic mass is 10.0. The number of benzene rings is 1. The van der Waals surface area contributed by atoms with Crippen molar-refractivity contribution in [1.82, 2.24) is 0 Å². The number of rotatable bonds is 4. The average molecular weight is 328 g/mol. The van der Waals surface area contributed by atoms with E-state index in [0.29, 0.717) is 5.56 Å². The van der Waals surface area contributed by atoms with E-state index in [0.717, 1.165) is 0 Å². The molecule has 0 amide bonds. The second-order valence-electron chi connectivity index (χ2n) is 4.23. The number of hydrogen-bond donors (Lipinski definition) is 1. The number of carbonyl (C=O) groups is 1. The highest BCUT2D eigenvalue weighted by Gasteiger charge is 2.76. The van der Waals surface area contributed by atoms with Crippen molar-refractivity contribution in [2.24, 2.45) is 0 Å². The zero-order valence-corrected chi connectivity index (χ0v) is 10.8. The number of aliphatic hydroxyl groups is 1. The third-order valence-corrected chi connectivity index (χ3v) is 2.70. The molecule has 22 heavy (non-hydrogen) atoms. The Morgan fingerprint density at radius 3 is 1.91 bits per heavy atom. The molecule has 0 fully saturated rings. The number of alkyl halides is 6. The zero-order chi connectivity index (χ0) is 17.2. The molecule has 1 aromatic carbocycles. The van der Waals surface area contributed by atoms with Gasteiger partial charge in [0.1, 0.15) is 6.61 Å². The van der Waals surface area contributed by atoms with Crippen LogP contribution in [0.15, 0.2) is 30.8 Å². The first-order valence-corrected chi connectivity index (χ1v) is 5.68. The molecule has 0 aliphatic rings. The van der Waals surface area contributed by atoms with E-state index < -0.39 is 30.5 Å². The van der Waals surface area contributed by atoms with Gasteiger partial charge in [0.05, 0.1) is 0 Å². The van der Waals surface area contributed by atoms with E-state index in [1.807, 2.05) is 0 Å². The monoisotopic (exact) mass is 328 g/mol. The first-order chi connectivity index (χ1) is 9.93. The van der Waals surface area contributed by atoms with Gasteiger partial charge in [0.25, 0.3) is 0 Å². The van der Waals surface area contributed by atoms with Crippen molar-refractivity contribution in [2.75, 3.05) is 0 Å². The minimum absolute atomic E-state index is 0.144. The van der Waals surface area contributed by atoms with E-state index in [2.05, 4.69) is 11.3 Å². The molecule has 0 saturated carbocycles. The topological polar surface area (TPSA) is 46.5 Å². The predicted octanol–water partition coefficient (Wildman–Crippen LogP) is 3.23. The first-order valence-electron chi connectivity index (χ1n) is 5.68. The summed E-state index contributed by atoms with van der Waals surface area (Å²) in [5, 5.41) is 8.78. The van der Waals surface area contributed by atoms with Gasteiger partial charge in [-0.15, -0.1) is 0 Å². The summed E-state index contributed by atoms with van der Waals surface area (Å²) in [5.41, 5.74) is -4.77. The van der Waals surface area contributed by atoms with Crippen molar-refractivity contribution in [2.45, 2.75) is 24.6 Å². The van der Waals surface area contributed by atoms with Gasteiger partial charge in [-0.05, 0) is 11.1 Å². The van der Waals surface area contributed by atoms with E-state index in [4.69, 9.17) is 5.11 Å². The van der Waals surface area contributed by atoms with Crippen molar-refractivity contribution in [3.63, 3.8) is 0 Å². The van der Waals surface area contributed by atoms with Crippen LogP contribution in [-0.2, 0) is 16.1 Å². The van der Waals surface area contributed by atoms with Gasteiger partial charge in [-0.3, -0.25) is 0 Å². The maximum atomic E-state index is 12.4. The molecule has 0 aliphatic heterocycles. The molecule has 0 atom stereocenters. The summed E-state index contributed by atoms with van der Waals surface area (Å²) in [5.74, 6) is -2.83. The molecular weight excluding hydrogens is 318 g/mol. The van der Waals surface area contributed by atoms with Crippen LogP contribution in [-0.4, -0.2) is 29.0 Å². The summed E-state index contributed by atoms with van der Waals surface area (Å²) in [7, 11) is 0. The largest absolute Gasteiger partial charge is 0.458 e. The van der Waals surface area contributed by atoms with Crippen LogP contribution >= 0.6 is 0 Å². The Morgan fingerprint density at radius 2 is 1.55 bits per heavy atom. The fourth-order valence-electron chi connectivity index (χ4n) is 1.40. The lowest BCUT2D eigenvalue weighted by Gasteiger charge is -2.29. The van der Waals surface area contributed by atoms with Crippen LogP contribution < -0.4 is 0 Å². The van der Waals surface area contributed by atoms with Crippen LogP contribution in [0.4, 0.5) is 26.3 Å². The number of carbonyl (C=O) groups excluding carboxylic acids is 1. The minimum Gasteiger partial charge on any atom is -0.458 e. The highest BCUT2D eigenvalue weighted by Crippen LogP contribution is 2.43. The fraction of sp³-hybridized carbons (Fsp3) is 0.308. The minimum atomic E-state index is -6.25. The first kappa shape index (κ1) is 18.0. The second-order valence-corrected chi connectivity index (χ2v) is 4.23. The maximum Gasteiger partial charge on any atom is 0.437 e. The molecular formula is C13H10F6O3.